The van der Waals surface area contributed by atoms with E-state index in [2.05, 4.69) is 26.1 Å². The highest BCUT2D eigenvalue weighted by molar-refractivity contribution is 9.10. The Hall–Kier alpha value is -2.21. The molecule has 0 aliphatic heterocycles. The summed E-state index contributed by atoms with van der Waals surface area (Å²) in [6.07, 6.45) is 1.53. The van der Waals surface area contributed by atoms with Crippen LogP contribution in [0.1, 0.15) is 15.9 Å². The van der Waals surface area contributed by atoms with E-state index in [1.54, 1.807) is 10.5 Å². The molecule has 0 fully saturated rings. The normalized spacial score (nSPS) is 10.9. The Morgan fingerprint density at radius 2 is 2.05 bits per heavy atom. The molecule has 0 bridgehead atoms. The molecule has 0 saturated heterocycles. The van der Waals surface area contributed by atoms with E-state index in [1.807, 2.05) is 25.1 Å². The fourth-order valence-electron chi connectivity index (χ4n) is 2.01. The Morgan fingerprint density at radius 3 is 2.80 bits per heavy atom. The minimum Gasteiger partial charge on any atom is -0.478 e. The predicted octanol–water partition coefficient (Wildman–Crippen LogP) is 3.17. The van der Waals surface area contributed by atoms with Gasteiger partial charge in [0.15, 0.2) is 11.5 Å². The first-order valence-corrected chi connectivity index (χ1v) is 6.70. The van der Waals surface area contributed by atoms with Crippen molar-refractivity contribution >= 4 is 27.5 Å². The topological polar surface area (TPSA) is 67.5 Å². The fourth-order valence-corrected chi connectivity index (χ4v) is 2.44. The van der Waals surface area contributed by atoms with Gasteiger partial charge >= 0.3 is 5.97 Å². The van der Waals surface area contributed by atoms with Crippen LogP contribution in [-0.2, 0) is 0 Å². The van der Waals surface area contributed by atoms with Gasteiger partial charge in [-0.3, -0.25) is 4.40 Å². The van der Waals surface area contributed by atoms with Gasteiger partial charge in [-0.25, -0.2) is 4.79 Å². The van der Waals surface area contributed by atoms with Gasteiger partial charge < -0.3 is 5.11 Å². The Morgan fingerprint density at radius 1 is 1.25 bits per heavy atom. The van der Waals surface area contributed by atoms with Crippen molar-refractivity contribution < 1.29 is 9.90 Å². The molecule has 5 nitrogen and oxygen atoms in total. The lowest BCUT2D eigenvalue weighted by molar-refractivity contribution is 0.0696. The Kier molecular flexibility index (Phi) is 3.02. The number of aromatic nitrogens is 3. The molecular formula is C14H10BrN3O2. The van der Waals surface area contributed by atoms with Crippen molar-refractivity contribution in [1.82, 2.24) is 14.6 Å². The molecule has 0 saturated carbocycles. The average molecular weight is 332 g/mol. The number of aromatic carboxylic acids is 1. The van der Waals surface area contributed by atoms with Crippen LogP contribution < -0.4 is 0 Å². The molecule has 1 N–H and O–H groups in total. The summed E-state index contributed by atoms with van der Waals surface area (Å²) in [6.45, 7) is 1.99. The van der Waals surface area contributed by atoms with Gasteiger partial charge in [0, 0.05) is 16.2 Å². The number of carbonyl (C=O) groups is 1. The van der Waals surface area contributed by atoms with Crippen molar-refractivity contribution in [2.45, 2.75) is 6.92 Å². The summed E-state index contributed by atoms with van der Waals surface area (Å²) in [6, 6.07) is 9.06. The molecule has 3 rings (SSSR count). The van der Waals surface area contributed by atoms with Crippen LogP contribution in [0.15, 0.2) is 41.0 Å². The van der Waals surface area contributed by atoms with Crippen LogP contribution in [0.2, 0.25) is 0 Å². The second-order valence-electron chi connectivity index (χ2n) is 4.46. The van der Waals surface area contributed by atoms with Crippen LogP contribution in [0, 0.1) is 6.92 Å². The van der Waals surface area contributed by atoms with Gasteiger partial charge in [0.1, 0.15) is 0 Å². The molecule has 20 heavy (non-hydrogen) atoms. The third kappa shape index (κ3) is 2.08. The number of pyridine rings is 1. The molecule has 0 aliphatic rings. The van der Waals surface area contributed by atoms with Gasteiger partial charge in [0.05, 0.1) is 5.56 Å². The molecule has 2 aromatic heterocycles. The molecule has 0 aliphatic carbocycles. The molecule has 6 heteroatoms. The lowest BCUT2D eigenvalue weighted by atomic mass is 10.1. The van der Waals surface area contributed by atoms with Crippen LogP contribution >= 0.6 is 15.9 Å². The number of carboxylic acids is 1. The van der Waals surface area contributed by atoms with E-state index in [0.29, 0.717) is 11.5 Å². The van der Waals surface area contributed by atoms with Crippen LogP contribution in [0.4, 0.5) is 0 Å². The number of rotatable bonds is 2. The molecule has 0 unspecified atom stereocenters. The van der Waals surface area contributed by atoms with Crippen molar-refractivity contribution in [2.24, 2.45) is 0 Å². The maximum Gasteiger partial charge on any atom is 0.337 e. The first-order valence-electron chi connectivity index (χ1n) is 5.91. The summed E-state index contributed by atoms with van der Waals surface area (Å²) in [5.41, 5.74) is 2.77. The largest absolute Gasteiger partial charge is 0.478 e. The Balaban J connectivity index is 2.28. The summed E-state index contributed by atoms with van der Waals surface area (Å²) in [7, 11) is 0. The van der Waals surface area contributed by atoms with E-state index in [1.165, 1.54) is 12.3 Å². The standard InChI is InChI=1S/C14H10BrN3O2/c1-8-2-4-11(15)10(6-8)13-17-16-12-5-3-9(14(19)20)7-18(12)13/h2-7H,1H3,(H,19,20). The molecule has 3 aromatic rings. The van der Waals surface area contributed by atoms with Gasteiger partial charge in [-0.2, -0.15) is 0 Å². The summed E-state index contributed by atoms with van der Waals surface area (Å²) < 4.78 is 2.57. The molecule has 0 amide bonds. The van der Waals surface area contributed by atoms with Crippen LogP contribution in [0.3, 0.4) is 0 Å². The molecule has 100 valence electrons. The van der Waals surface area contributed by atoms with E-state index < -0.39 is 5.97 Å². The van der Waals surface area contributed by atoms with Crippen molar-refractivity contribution in [2.75, 3.05) is 0 Å². The first kappa shape index (κ1) is 12.8. The average Bonchev–Trinajstić information content (AvgIpc) is 2.84. The smallest absolute Gasteiger partial charge is 0.337 e. The van der Waals surface area contributed by atoms with Crippen molar-refractivity contribution in [1.29, 1.82) is 0 Å². The van der Waals surface area contributed by atoms with Crippen LogP contribution in [0.25, 0.3) is 17.0 Å². The fraction of sp³-hybridized carbons (Fsp3) is 0.0714. The lowest BCUT2D eigenvalue weighted by Crippen LogP contribution is -1.99. The highest BCUT2D eigenvalue weighted by Gasteiger charge is 2.13. The van der Waals surface area contributed by atoms with E-state index in [9.17, 15) is 4.79 Å². The number of nitrogens with zero attached hydrogens (tertiary/aromatic N) is 3. The molecule has 0 spiro atoms. The second kappa shape index (κ2) is 4.72. The predicted molar refractivity (Wildman–Crippen MR) is 77.8 cm³/mol. The maximum atomic E-state index is 11.1. The quantitative estimate of drug-likeness (QED) is 0.783. The van der Waals surface area contributed by atoms with E-state index in [0.717, 1.165) is 15.6 Å². The number of halogens is 1. The zero-order valence-electron chi connectivity index (χ0n) is 10.5. The lowest BCUT2D eigenvalue weighted by Gasteiger charge is -2.05. The Bertz CT molecular complexity index is 826. The second-order valence-corrected chi connectivity index (χ2v) is 5.31. The monoisotopic (exact) mass is 331 g/mol. The van der Waals surface area contributed by atoms with E-state index >= 15 is 0 Å². The van der Waals surface area contributed by atoms with Crippen molar-refractivity contribution in [3.05, 3.63) is 52.1 Å². The van der Waals surface area contributed by atoms with Crippen molar-refractivity contribution in [3.63, 3.8) is 0 Å². The van der Waals surface area contributed by atoms with Gasteiger partial charge in [0.2, 0.25) is 0 Å². The Labute approximate surface area is 123 Å². The highest BCUT2D eigenvalue weighted by atomic mass is 79.9. The summed E-state index contributed by atoms with van der Waals surface area (Å²) in [4.78, 5) is 11.1. The van der Waals surface area contributed by atoms with Crippen LogP contribution in [-0.4, -0.2) is 25.7 Å². The third-order valence-electron chi connectivity index (χ3n) is 3.01. The number of carboxylic acid groups (broad SMARTS) is 1. The van der Waals surface area contributed by atoms with E-state index in [4.69, 9.17) is 5.11 Å². The van der Waals surface area contributed by atoms with Gasteiger partial charge in [-0.1, -0.05) is 27.6 Å². The number of benzene rings is 1. The van der Waals surface area contributed by atoms with Gasteiger partial charge in [-0.15, -0.1) is 10.2 Å². The SMILES string of the molecule is Cc1ccc(Br)c(-c2nnc3ccc(C(=O)O)cn23)c1. The summed E-state index contributed by atoms with van der Waals surface area (Å²) >= 11 is 3.49. The minimum atomic E-state index is -0.977. The highest BCUT2D eigenvalue weighted by Crippen LogP contribution is 2.28. The first-order chi connectivity index (χ1) is 9.56. The van der Waals surface area contributed by atoms with Crippen LogP contribution in [0.5, 0.6) is 0 Å². The zero-order valence-corrected chi connectivity index (χ0v) is 12.1. The maximum absolute atomic E-state index is 11.1. The zero-order chi connectivity index (χ0) is 14.3. The number of hydrogen-bond acceptors (Lipinski definition) is 3. The molecule has 1 aromatic carbocycles. The minimum absolute atomic E-state index is 0.197. The summed E-state index contributed by atoms with van der Waals surface area (Å²) in [5.74, 6) is -0.367. The van der Waals surface area contributed by atoms with Crippen molar-refractivity contribution in [3.8, 4) is 11.4 Å². The van der Waals surface area contributed by atoms with E-state index in [-0.39, 0.29) is 5.56 Å². The molecule has 2 heterocycles. The molecule has 0 radical (unpaired) electrons. The molecule has 0 atom stereocenters. The number of hydrogen-bond donors (Lipinski definition) is 1. The van der Waals surface area contributed by atoms with Gasteiger partial charge in [-0.05, 0) is 31.2 Å². The van der Waals surface area contributed by atoms with Gasteiger partial charge in [0.25, 0.3) is 0 Å². The third-order valence-corrected chi connectivity index (χ3v) is 3.70. The number of fused-ring (bicyclic) bond motifs is 1. The summed E-state index contributed by atoms with van der Waals surface area (Å²) in [5, 5.41) is 17.3. The molecular weight excluding hydrogens is 322 g/mol. The number of aryl methyl sites for hydroxylation is 1.